The minimum atomic E-state index is -0.882. The van der Waals surface area contributed by atoms with Gasteiger partial charge in [0.2, 0.25) is 0 Å². The summed E-state index contributed by atoms with van der Waals surface area (Å²) in [7, 11) is 0. The molecule has 0 amide bonds. The molecule has 0 saturated carbocycles. The lowest BCUT2D eigenvalue weighted by Gasteiger charge is -2.04. The number of ketones is 1. The number of Topliss-reactive ketones (excluding diaryl/α,β-unsaturated/α-hetero) is 1. The molecule has 82 valence electrons. The molecule has 15 heavy (non-hydrogen) atoms. The molecule has 0 spiro atoms. The molecule has 1 aromatic carbocycles. The smallest absolute Gasteiger partial charge is 0.161 e. The highest BCUT2D eigenvalue weighted by Gasteiger charge is 2.07. The van der Waals surface area contributed by atoms with E-state index in [0.717, 1.165) is 0 Å². The van der Waals surface area contributed by atoms with Gasteiger partial charge in [0, 0.05) is 10.9 Å². The lowest BCUT2D eigenvalue weighted by atomic mass is 10.1. The maximum absolute atomic E-state index is 11.8. The van der Waals surface area contributed by atoms with Crippen molar-refractivity contribution in [3.05, 3.63) is 34.3 Å². The van der Waals surface area contributed by atoms with Gasteiger partial charge in [-0.25, -0.2) is 0 Å². The number of hydrogen-bond donors (Lipinski definition) is 0. The van der Waals surface area contributed by atoms with Crippen LogP contribution in [0.25, 0.3) is 0 Å². The molecular weight excluding hydrogens is 224 g/mol. The van der Waals surface area contributed by atoms with Crippen LogP contribution in [0.2, 0.25) is 5.02 Å². The third-order valence-corrected chi connectivity index (χ3v) is 2.30. The summed E-state index contributed by atoms with van der Waals surface area (Å²) in [5, 5.41) is -0.573. The van der Waals surface area contributed by atoms with Gasteiger partial charge in [0.05, 0.1) is 11.6 Å². The molecule has 0 bridgehead atoms. The van der Waals surface area contributed by atoms with E-state index in [0.29, 0.717) is 16.1 Å². The summed E-state index contributed by atoms with van der Waals surface area (Å²) >= 11 is 5.82. The van der Waals surface area contributed by atoms with E-state index in [1.807, 2.05) is 0 Å². The van der Waals surface area contributed by atoms with Gasteiger partial charge in [0.25, 0.3) is 0 Å². The van der Waals surface area contributed by atoms with Crippen molar-refractivity contribution in [2.75, 3.05) is 6.54 Å². The van der Waals surface area contributed by atoms with Crippen LogP contribution in [-0.2, 0) is 6.42 Å². The fourth-order valence-electron chi connectivity index (χ4n) is 1.21. The number of benzene rings is 1. The molecule has 0 aromatic heterocycles. The Kier molecular flexibility index (Phi) is 4.17. The summed E-state index contributed by atoms with van der Waals surface area (Å²) in [6.45, 7) is 1.06. The van der Waals surface area contributed by atoms with Crippen LogP contribution in [0.4, 0.5) is 8.96 Å². The second-order valence-electron chi connectivity index (χ2n) is 3.15. The molecule has 0 fully saturated rings. The molecule has 0 atom stereocenters. The van der Waals surface area contributed by atoms with Gasteiger partial charge in [-0.2, -0.15) is 0 Å². The normalized spacial score (nSPS) is 10.7. The molecular formula is C10H10ClF2NO. The van der Waals surface area contributed by atoms with Crippen LogP contribution < -0.4 is 0 Å². The van der Waals surface area contributed by atoms with Crippen LogP contribution in [0.1, 0.15) is 22.8 Å². The summed E-state index contributed by atoms with van der Waals surface area (Å²) < 4.78 is 23.5. The van der Waals surface area contributed by atoms with Gasteiger partial charge < -0.3 is 0 Å². The van der Waals surface area contributed by atoms with E-state index in [9.17, 15) is 13.8 Å². The summed E-state index contributed by atoms with van der Waals surface area (Å²) in [5.41, 5.74) is 1.10. The Morgan fingerprint density at radius 1 is 1.47 bits per heavy atom. The third kappa shape index (κ3) is 3.57. The molecule has 0 aliphatic carbocycles. The highest BCUT2D eigenvalue weighted by molar-refractivity contribution is 6.33. The first kappa shape index (κ1) is 12.1. The number of nitrogens with zero attached hydrogens (tertiary/aromatic N) is 1. The number of rotatable bonds is 4. The van der Waals surface area contributed by atoms with E-state index >= 15 is 0 Å². The zero-order valence-electron chi connectivity index (χ0n) is 8.14. The van der Waals surface area contributed by atoms with Crippen molar-refractivity contribution in [3.8, 4) is 0 Å². The zero-order chi connectivity index (χ0) is 11.4. The lowest BCUT2D eigenvalue weighted by Crippen LogP contribution is -2.06. The van der Waals surface area contributed by atoms with E-state index in [4.69, 9.17) is 11.6 Å². The number of hydrogen-bond acceptors (Lipinski definition) is 2. The van der Waals surface area contributed by atoms with Crippen molar-refractivity contribution in [2.45, 2.75) is 13.3 Å². The van der Waals surface area contributed by atoms with Crippen molar-refractivity contribution in [1.82, 2.24) is 5.34 Å². The molecule has 0 saturated heterocycles. The predicted octanol–water partition coefficient (Wildman–Crippen LogP) is 3.16. The van der Waals surface area contributed by atoms with Crippen LogP contribution in [0.5, 0.6) is 0 Å². The Labute approximate surface area is 91.3 Å². The van der Waals surface area contributed by atoms with Crippen molar-refractivity contribution in [1.29, 1.82) is 0 Å². The summed E-state index contributed by atoms with van der Waals surface area (Å²) in [4.78, 5) is 11.0. The van der Waals surface area contributed by atoms with Gasteiger partial charge in [0.15, 0.2) is 5.78 Å². The summed E-state index contributed by atoms with van der Waals surface area (Å²) in [6, 6.07) is 4.73. The van der Waals surface area contributed by atoms with Crippen molar-refractivity contribution in [2.24, 2.45) is 0 Å². The van der Waals surface area contributed by atoms with Gasteiger partial charge in [-0.1, -0.05) is 17.7 Å². The number of halogens is 3. The van der Waals surface area contributed by atoms with Gasteiger partial charge in [-0.05, 0) is 31.0 Å². The minimum Gasteiger partial charge on any atom is -0.294 e. The Morgan fingerprint density at radius 2 is 2.13 bits per heavy atom. The Morgan fingerprint density at radius 3 is 2.60 bits per heavy atom. The quantitative estimate of drug-likeness (QED) is 0.588. The minimum absolute atomic E-state index is 0.135. The second kappa shape index (κ2) is 5.19. The molecule has 0 unspecified atom stereocenters. The fraction of sp³-hybridized carbons (Fsp3) is 0.300. The van der Waals surface area contributed by atoms with Gasteiger partial charge >= 0.3 is 0 Å². The van der Waals surface area contributed by atoms with E-state index in [1.165, 1.54) is 6.92 Å². The molecule has 0 radical (unpaired) electrons. The Balaban J connectivity index is 2.78. The van der Waals surface area contributed by atoms with Crippen LogP contribution >= 0.6 is 11.6 Å². The SMILES string of the molecule is CC(=O)c1ccc(CCN(F)F)cc1Cl. The molecule has 1 rings (SSSR count). The highest BCUT2D eigenvalue weighted by Crippen LogP contribution is 2.18. The topological polar surface area (TPSA) is 20.3 Å². The third-order valence-electron chi connectivity index (χ3n) is 1.98. The molecule has 1 aromatic rings. The summed E-state index contributed by atoms with van der Waals surface area (Å²) in [5.74, 6) is -0.135. The van der Waals surface area contributed by atoms with Gasteiger partial charge in [-0.3, -0.25) is 4.79 Å². The Hall–Kier alpha value is -1.00. The van der Waals surface area contributed by atoms with Crippen LogP contribution in [-0.4, -0.2) is 17.7 Å². The largest absolute Gasteiger partial charge is 0.294 e. The van der Waals surface area contributed by atoms with Crippen LogP contribution in [0.3, 0.4) is 0 Å². The number of carbonyl (C=O) groups excluding carboxylic acids is 1. The van der Waals surface area contributed by atoms with Gasteiger partial charge in [-0.15, -0.1) is 8.96 Å². The number of carbonyl (C=O) groups is 1. The highest BCUT2D eigenvalue weighted by atomic mass is 35.5. The first-order chi connectivity index (χ1) is 7.00. The van der Waals surface area contributed by atoms with E-state index in [-0.39, 0.29) is 18.7 Å². The molecule has 0 aliphatic heterocycles. The van der Waals surface area contributed by atoms with Crippen LogP contribution in [0.15, 0.2) is 18.2 Å². The van der Waals surface area contributed by atoms with Crippen molar-refractivity contribution in [3.63, 3.8) is 0 Å². The van der Waals surface area contributed by atoms with Crippen molar-refractivity contribution >= 4 is 17.4 Å². The lowest BCUT2D eigenvalue weighted by molar-refractivity contribution is -0.151. The second-order valence-corrected chi connectivity index (χ2v) is 3.55. The standard InChI is InChI=1S/C10H10ClF2NO/c1-7(15)9-3-2-8(6-10(9)11)4-5-14(12)13/h2-3,6H,4-5H2,1H3. The molecule has 0 aliphatic rings. The van der Waals surface area contributed by atoms with E-state index in [2.05, 4.69) is 0 Å². The van der Waals surface area contributed by atoms with Gasteiger partial charge in [0.1, 0.15) is 0 Å². The van der Waals surface area contributed by atoms with Crippen molar-refractivity contribution < 1.29 is 13.8 Å². The average Bonchev–Trinajstić information content (AvgIpc) is 2.14. The molecule has 0 heterocycles. The Bertz CT molecular complexity index is 368. The van der Waals surface area contributed by atoms with Crippen LogP contribution in [0, 0.1) is 0 Å². The maximum Gasteiger partial charge on any atom is 0.161 e. The van der Waals surface area contributed by atoms with E-state index in [1.54, 1.807) is 18.2 Å². The van der Waals surface area contributed by atoms with E-state index < -0.39 is 5.34 Å². The zero-order valence-corrected chi connectivity index (χ0v) is 8.89. The average molecular weight is 234 g/mol. The predicted molar refractivity (Wildman–Crippen MR) is 54.1 cm³/mol. The molecule has 0 N–H and O–H groups in total. The molecule has 5 heteroatoms. The fourth-order valence-corrected chi connectivity index (χ4v) is 1.55. The first-order valence-corrected chi connectivity index (χ1v) is 4.77. The molecule has 2 nitrogen and oxygen atoms in total. The monoisotopic (exact) mass is 233 g/mol. The first-order valence-electron chi connectivity index (χ1n) is 4.39. The maximum atomic E-state index is 11.8. The summed E-state index contributed by atoms with van der Waals surface area (Å²) in [6.07, 6.45) is 0.199.